The van der Waals surface area contributed by atoms with Crippen LogP contribution >= 0.6 is 0 Å². The number of amides is 2. The third-order valence-electron chi connectivity index (χ3n) is 6.79. The molecule has 0 unspecified atom stereocenters. The maximum absolute atomic E-state index is 13.9. The molecular formula is C32H23FN2O4. The Morgan fingerprint density at radius 3 is 1.95 bits per heavy atom. The molecule has 4 aromatic carbocycles. The van der Waals surface area contributed by atoms with E-state index in [0.29, 0.717) is 16.5 Å². The number of benzene rings is 4. The zero-order valence-electron chi connectivity index (χ0n) is 21.0. The van der Waals surface area contributed by atoms with Crippen LogP contribution in [0.4, 0.5) is 4.39 Å². The van der Waals surface area contributed by atoms with E-state index < -0.39 is 23.7 Å². The molecule has 192 valence electrons. The Bertz CT molecular complexity index is 1650. The van der Waals surface area contributed by atoms with Crippen molar-refractivity contribution >= 4 is 22.7 Å². The zero-order chi connectivity index (χ0) is 26.9. The summed E-state index contributed by atoms with van der Waals surface area (Å²) in [5, 5.41) is 0.554. The van der Waals surface area contributed by atoms with E-state index in [1.807, 2.05) is 60.7 Å². The standard InChI is InChI=1S/C32H23FN2O4/c1-38-29-24-13-8-18-34-27(24)30(39-28(21-9-4-2-5-10-21)22-11-6-3-7-12-22)26-25(29)31(36)35(32(26)37)19-20-14-16-23(33)17-15-20/h2-18,28H,19H2,1H3. The molecule has 1 aromatic heterocycles. The minimum absolute atomic E-state index is 0.0280. The molecule has 6 nitrogen and oxygen atoms in total. The molecule has 0 aliphatic carbocycles. The average molecular weight is 519 g/mol. The number of carbonyl (C=O) groups is 2. The lowest BCUT2D eigenvalue weighted by atomic mass is 9.99. The Kier molecular flexibility index (Phi) is 6.25. The maximum Gasteiger partial charge on any atom is 0.265 e. The van der Waals surface area contributed by atoms with Gasteiger partial charge in [0.15, 0.2) is 5.75 Å². The molecule has 0 spiro atoms. The Hall–Kier alpha value is -5.04. The van der Waals surface area contributed by atoms with Crippen LogP contribution in [-0.4, -0.2) is 28.8 Å². The van der Waals surface area contributed by atoms with E-state index in [2.05, 4.69) is 4.98 Å². The smallest absolute Gasteiger partial charge is 0.265 e. The van der Waals surface area contributed by atoms with Crippen LogP contribution in [0.1, 0.15) is 43.5 Å². The number of ether oxygens (including phenoxy) is 2. The number of halogens is 1. The summed E-state index contributed by atoms with van der Waals surface area (Å²) in [6.45, 7) is -0.0280. The van der Waals surface area contributed by atoms with Gasteiger partial charge in [0.2, 0.25) is 0 Å². The highest BCUT2D eigenvalue weighted by Crippen LogP contribution is 2.46. The minimum atomic E-state index is -0.579. The largest absolute Gasteiger partial charge is 0.495 e. The lowest BCUT2D eigenvalue weighted by molar-refractivity contribution is 0.0640. The van der Waals surface area contributed by atoms with E-state index >= 15 is 0 Å². The molecule has 0 bridgehead atoms. The third-order valence-corrected chi connectivity index (χ3v) is 6.79. The number of pyridine rings is 1. The van der Waals surface area contributed by atoms with Crippen molar-refractivity contribution in [2.75, 3.05) is 7.11 Å². The second-order valence-electron chi connectivity index (χ2n) is 9.15. The third kappa shape index (κ3) is 4.28. The number of fused-ring (bicyclic) bond motifs is 2. The molecule has 2 heterocycles. The number of methoxy groups -OCH3 is 1. The SMILES string of the molecule is COc1c2c(c(OC(c3ccccc3)c3ccccc3)c3ncccc13)C(=O)N(Cc1ccc(F)cc1)C2=O. The first-order valence-corrected chi connectivity index (χ1v) is 12.4. The average Bonchev–Trinajstić information content (AvgIpc) is 3.22. The van der Waals surface area contributed by atoms with Gasteiger partial charge in [0, 0.05) is 11.6 Å². The topological polar surface area (TPSA) is 68.7 Å². The second kappa shape index (κ2) is 10.0. The number of aromatic nitrogens is 1. The lowest BCUT2D eigenvalue weighted by Crippen LogP contribution is -2.29. The highest BCUT2D eigenvalue weighted by molar-refractivity contribution is 6.27. The fraction of sp³-hybridized carbons (Fsp3) is 0.0938. The predicted molar refractivity (Wildman–Crippen MR) is 144 cm³/mol. The van der Waals surface area contributed by atoms with Gasteiger partial charge in [0.1, 0.15) is 28.8 Å². The number of rotatable bonds is 7. The van der Waals surface area contributed by atoms with Crippen molar-refractivity contribution in [2.24, 2.45) is 0 Å². The van der Waals surface area contributed by atoms with Gasteiger partial charge >= 0.3 is 0 Å². The van der Waals surface area contributed by atoms with Crippen LogP contribution in [0.15, 0.2) is 103 Å². The van der Waals surface area contributed by atoms with Crippen LogP contribution in [0.2, 0.25) is 0 Å². The van der Waals surface area contributed by atoms with Gasteiger partial charge in [-0.3, -0.25) is 19.5 Å². The van der Waals surface area contributed by atoms with Crippen LogP contribution < -0.4 is 9.47 Å². The monoisotopic (exact) mass is 518 g/mol. The maximum atomic E-state index is 13.9. The molecule has 0 N–H and O–H groups in total. The Morgan fingerprint density at radius 1 is 0.769 bits per heavy atom. The molecule has 0 atom stereocenters. The lowest BCUT2D eigenvalue weighted by Gasteiger charge is -2.23. The van der Waals surface area contributed by atoms with Crippen molar-refractivity contribution in [3.05, 3.63) is 137 Å². The van der Waals surface area contributed by atoms with E-state index in [4.69, 9.17) is 9.47 Å². The van der Waals surface area contributed by atoms with Gasteiger partial charge in [0.05, 0.1) is 19.2 Å². The molecule has 0 radical (unpaired) electrons. The molecule has 5 aromatic rings. The number of carbonyl (C=O) groups excluding carboxylic acids is 2. The predicted octanol–water partition coefficient (Wildman–Crippen LogP) is 6.35. The summed E-state index contributed by atoms with van der Waals surface area (Å²) < 4.78 is 25.9. The summed E-state index contributed by atoms with van der Waals surface area (Å²) in [4.78, 5) is 33.4. The first kappa shape index (κ1) is 24.3. The van der Waals surface area contributed by atoms with Crippen LogP contribution in [0.5, 0.6) is 11.5 Å². The van der Waals surface area contributed by atoms with E-state index in [1.54, 1.807) is 30.5 Å². The van der Waals surface area contributed by atoms with Crippen LogP contribution in [0, 0.1) is 5.82 Å². The summed E-state index contributed by atoms with van der Waals surface area (Å²) in [6.07, 6.45) is 1.03. The molecular weight excluding hydrogens is 495 g/mol. The first-order chi connectivity index (χ1) is 19.1. The summed E-state index contributed by atoms with van der Waals surface area (Å²) in [7, 11) is 1.46. The highest BCUT2D eigenvalue weighted by Gasteiger charge is 2.43. The highest BCUT2D eigenvalue weighted by atomic mass is 19.1. The summed E-state index contributed by atoms with van der Waals surface area (Å²) >= 11 is 0. The van der Waals surface area contributed by atoms with Gasteiger partial charge in [-0.1, -0.05) is 72.8 Å². The molecule has 2 amide bonds. The molecule has 0 fully saturated rings. The normalized spacial score (nSPS) is 12.7. The van der Waals surface area contributed by atoms with E-state index in [1.165, 1.54) is 19.2 Å². The van der Waals surface area contributed by atoms with E-state index in [0.717, 1.165) is 16.0 Å². The minimum Gasteiger partial charge on any atom is -0.495 e. The number of hydrogen-bond donors (Lipinski definition) is 0. The molecule has 0 saturated heterocycles. The van der Waals surface area contributed by atoms with E-state index in [-0.39, 0.29) is 29.2 Å². The van der Waals surface area contributed by atoms with Gasteiger partial charge < -0.3 is 9.47 Å². The summed E-state index contributed by atoms with van der Waals surface area (Å²) in [5.41, 5.74) is 2.99. The number of hydrogen-bond acceptors (Lipinski definition) is 5. The summed E-state index contributed by atoms with van der Waals surface area (Å²) in [5.74, 6) is -0.970. The molecule has 7 heteroatoms. The van der Waals surface area contributed by atoms with Crippen molar-refractivity contribution in [1.82, 2.24) is 9.88 Å². The fourth-order valence-corrected chi connectivity index (χ4v) is 4.96. The Labute approximate surface area is 224 Å². The Morgan fingerprint density at radius 2 is 1.36 bits per heavy atom. The van der Waals surface area contributed by atoms with Crippen molar-refractivity contribution in [2.45, 2.75) is 12.6 Å². The van der Waals surface area contributed by atoms with Gasteiger partial charge in [-0.05, 0) is 41.0 Å². The van der Waals surface area contributed by atoms with Crippen molar-refractivity contribution in [1.29, 1.82) is 0 Å². The fourth-order valence-electron chi connectivity index (χ4n) is 4.96. The van der Waals surface area contributed by atoms with Crippen molar-refractivity contribution < 1.29 is 23.5 Å². The van der Waals surface area contributed by atoms with Gasteiger partial charge in [-0.15, -0.1) is 0 Å². The van der Waals surface area contributed by atoms with Crippen LogP contribution in [0.25, 0.3) is 10.9 Å². The van der Waals surface area contributed by atoms with Crippen LogP contribution in [0.3, 0.4) is 0 Å². The number of nitrogens with zero attached hydrogens (tertiary/aromatic N) is 2. The van der Waals surface area contributed by atoms with Gasteiger partial charge in [-0.25, -0.2) is 4.39 Å². The Balaban J connectivity index is 1.54. The summed E-state index contributed by atoms with van der Waals surface area (Å²) in [6, 6.07) is 28.5. The van der Waals surface area contributed by atoms with Crippen molar-refractivity contribution in [3.8, 4) is 11.5 Å². The first-order valence-electron chi connectivity index (χ1n) is 12.4. The zero-order valence-corrected chi connectivity index (χ0v) is 21.0. The van der Waals surface area contributed by atoms with Gasteiger partial charge in [-0.2, -0.15) is 0 Å². The van der Waals surface area contributed by atoms with E-state index in [9.17, 15) is 14.0 Å². The second-order valence-corrected chi connectivity index (χ2v) is 9.15. The molecule has 1 aliphatic rings. The van der Waals surface area contributed by atoms with Gasteiger partial charge in [0.25, 0.3) is 11.8 Å². The van der Waals surface area contributed by atoms with Crippen molar-refractivity contribution in [3.63, 3.8) is 0 Å². The number of imide groups is 1. The molecule has 39 heavy (non-hydrogen) atoms. The molecule has 6 rings (SSSR count). The molecule has 1 aliphatic heterocycles. The quantitative estimate of drug-likeness (QED) is 0.235. The van der Waals surface area contributed by atoms with Crippen LogP contribution in [-0.2, 0) is 6.54 Å². The molecule has 0 saturated carbocycles.